The van der Waals surface area contributed by atoms with E-state index < -0.39 is 10.9 Å². The average molecular weight is 294 g/mol. The fraction of sp³-hybridized carbons (Fsp3) is 0.533. The number of para-hydroxylation sites is 1. The summed E-state index contributed by atoms with van der Waals surface area (Å²) in [5, 5.41) is 23.2. The summed E-state index contributed by atoms with van der Waals surface area (Å²) in [6.45, 7) is 6.25. The number of benzene rings is 1. The van der Waals surface area contributed by atoms with Gasteiger partial charge in [0.25, 0.3) is 0 Å². The van der Waals surface area contributed by atoms with Crippen molar-refractivity contribution < 1.29 is 14.8 Å². The number of nitro groups is 1. The smallest absolute Gasteiger partial charge is 0.342 e. The maximum atomic E-state index is 11.1. The van der Waals surface area contributed by atoms with Gasteiger partial charge in [-0.3, -0.25) is 10.1 Å². The number of nitrogens with one attached hydrogen (secondary N) is 1. The van der Waals surface area contributed by atoms with Crippen LogP contribution >= 0.6 is 0 Å². The lowest BCUT2D eigenvalue weighted by molar-refractivity contribution is -0.384. The van der Waals surface area contributed by atoms with Gasteiger partial charge in [-0.15, -0.1) is 0 Å². The van der Waals surface area contributed by atoms with Gasteiger partial charge in [0.2, 0.25) is 0 Å². The molecule has 0 saturated heterocycles. The quantitative estimate of drug-likeness (QED) is 0.560. The highest BCUT2D eigenvalue weighted by molar-refractivity contribution is 5.95. The van der Waals surface area contributed by atoms with Crippen molar-refractivity contribution in [3.05, 3.63) is 33.9 Å². The Morgan fingerprint density at radius 3 is 2.52 bits per heavy atom. The van der Waals surface area contributed by atoms with Crippen molar-refractivity contribution in [1.29, 1.82) is 0 Å². The number of aromatic carboxylic acids is 1. The van der Waals surface area contributed by atoms with Crippen molar-refractivity contribution in [2.24, 2.45) is 5.92 Å². The highest BCUT2D eigenvalue weighted by Gasteiger charge is 2.24. The van der Waals surface area contributed by atoms with Gasteiger partial charge in [0, 0.05) is 6.04 Å². The number of carboxylic acids is 1. The molecule has 0 fully saturated rings. The number of hydrogen-bond donors (Lipinski definition) is 2. The van der Waals surface area contributed by atoms with Gasteiger partial charge in [-0.25, -0.2) is 4.79 Å². The zero-order valence-electron chi connectivity index (χ0n) is 12.6. The molecule has 0 saturated carbocycles. The van der Waals surface area contributed by atoms with E-state index in [1.807, 2.05) is 6.92 Å². The Bertz CT molecular complexity index is 514. The Balaban J connectivity index is 2.85. The van der Waals surface area contributed by atoms with E-state index in [0.29, 0.717) is 5.92 Å². The van der Waals surface area contributed by atoms with E-state index >= 15 is 0 Å². The molecular weight excluding hydrogens is 272 g/mol. The molecule has 1 unspecified atom stereocenters. The molecule has 0 bridgehead atoms. The Kier molecular flexibility index (Phi) is 6.14. The molecule has 6 nitrogen and oxygen atoms in total. The third-order valence-electron chi connectivity index (χ3n) is 3.27. The molecule has 1 atom stereocenters. The summed E-state index contributed by atoms with van der Waals surface area (Å²) in [5.41, 5.74) is -0.406. The maximum Gasteiger partial charge on any atom is 0.342 e. The first-order valence-electron chi connectivity index (χ1n) is 7.10. The van der Waals surface area contributed by atoms with E-state index in [-0.39, 0.29) is 23.0 Å². The maximum absolute atomic E-state index is 11.1. The second-order valence-corrected chi connectivity index (χ2v) is 5.63. The molecule has 2 N–H and O–H groups in total. The van der Waals surface area contributed by atoms with E-state index in [0.717, 1.165) is 19.3 Å². The first-order chi connectivity index (χ1) is 9.82. The van der Waals surface area contributed by atoms with Crippen LogP contribution in [0.3, 0.4) is 0 Å². The van der Waals surface area contributed by atoms with Crippen LogP contribution in [0.2, 0.25) is 0 Å². The molecule has 0 aromatic heterocycles. The molecule has 21 heavy (non-hydrogen) atoms. The topological polar surface area (TPSA) is 92.5 Å². The third-order valence-corrected chi connectivity index (χ3v) is 3.27. The average Bonchev–Trinajstić information content (AvgIpc) is 2.37. The predicted molar refractivity (Wildman–Crippen MR) is 81.8 cm³/mol. The van der Waals surface area contributed by atoms with Gasteiger partial charge in [-0.05, 0) is 31.4 Å². The number of nitro benzene ring substituents is 1. The Labute approximate surface area is 124 Å². The number of rotatable bonds is 8. The van der Waals surface area contributed by atoms with Gasteiger partial charge in [0.05, 0.1) is 4.92 Å². The van der Waals surface area contributed by atoms with E-state index in [1.54, 1.807) is 6.07 Å². The third kappa shape index (κ3) is 5.06. The number of hydrogen-bond acceptors (Lipinski definition) is 4. The number of anilines is 1. The van der Waals surface area contributed by atoms with Crippen LogP contribution in [0.5, 0.6) is 0 Å². The van der Waals surface area contributed by atoms with Crippen LogP contribution in [0.1, 0.15) is 50.4 Å². The Morgan fingerprint density at radius 1 is 1.33 bits per heavy atom. The van der Waals surface area contributed by atoms with Crippen LogP contribution in [0.15, 0.2) is 18.2 Å². The fourth-order valence-electron chi connectivity index (χ4n) is 2.20. The van der Waals surface area contributed by atoms with Crippen molar-refractivity contribution in [3.8, 4) is 0 Å². The summed E-state index contributed by atoms with van der Waals surface area (Å²) in [6, 6.07) is 4.35. The second kappa shape index (κ2) is 7.61. The van der Waals surface area contributed by atoms with Gasteiger partial charge in [0.15, 0.2) is 0 Å². The summed E-state index contributed by atoms with van der Waals surface area (Å²) in [6.07, 6.45) is 3.01. The van der Waals surface area contributed by atoms with E-state index in [9.17, 15) is 14.9 Å². The summed E-state index contributed by atoms with van der Waals surface area (Å²) in [5.74, 6) is -0.667. The summed E-state index contributed by atoms with van der Waals surface area (Å²) in [7, 11) is 0. The lowest BCUT2D eigenvalue weighted by Crippen LogP contribution is -2.17. The van der Waals surface area contributed by atoms with Crippen molar-refractivity contribution >= 4 is 17.3 Å². The highest BCUT2D eigenvalue weighted by Crippen LogP contribution is 2.29. The fourth-order valence-corrected chi connectivity index (χ4v) is 2.20. The van der Waals surface area contributed by atoms with E-state index in [2.05, 4.69) is 19.2 Å². The molecule has 1 aromatic rings. The molecule has 1 aromatic carbocycles. The van der Waals surface area contributed by atoms with Crippen molar-refractivity contribution in [3.63, 3.8) is 0 Å². The van der Waals surface area contributed by atoms with Crippen LogP contribution in [0.4, 0.5) is 11.4 Å². The zero-order chi connectivity index (χ0) is 16.0. The molecule has 0 amide bonds. The zero-order valence-corrected chi connectivity index (χ0v) is 12.6. The molecule has 0 spiro atoms. The van der Waals surface area contributed by atoms with Crippen LogP contribution in [-0.4, -0.2) is 22.0 Å². The van der Waals surface area contributed by atoms with Crippen LogP contribution in [-0.2, 0) is 0 Å². The SMILES string of the molecule is CC(C)CCCC(C)Nc1cccc(C(=O)O)c1[N+](=O)[O-]. The minimum atomic E-state index is -1.29. The molecule has 0 aliphatic heterocycles. The standard InChI is InChI=1S/C15H22N2O4/c1-10(2)6-4-7-11(3)16-13-9-5-8-12(15(18)19)14(13)17(20)21/h5,8-11,16H,4,6-7H2,1-3H3,(H,18,19). The van der Waals surface area contributed by atoms with Gasteiger partial charge in [-0.1, -0.05) is 32.8 Å². The van der Waals surface area contributed by atoms with Crippen molar-refractivity contribution in [2.45, 2.75) is 46.1 Å². The molecule has 0 radical (unpaired) electrons. The Morgan fingerprint density at radius 2 is 2.00 bits per heavy atom. The van der Waals surface area contributed by atoms with Crippen molar-refractivity contribution in [1.82, 2.24) is 0 Å². The number of carbonyl (C=O) groups is 1. The molecule has 116 valence electrons. The molecule has 0 aliphatic carbocycles. The van der Waals surface area contributed by atoms with Crippen LogP contribution in [0.25, 0.3) is 0 Å². The monoisotopic (exact) mass is 294 g/mol. The highest BCUT2D eigenvalue weighted by atomic mass is 16.6. The van der Waals surface area contributed by atoms with E-state index in [4.69, 9.17) is 5.11 Å². The van der Waals surface area contributed by atoms with Gasteiger partial charge in [0.1, 0.15) is 11.3 Å². The summed E-state index contributed by atoms with van der Waals surface area (Å²) < 4.78 is 0. The number of nitrogens with zero attached hydrogens (tertiary/aromatic N) is 1. The largest absolute Gasteiger partial charge is 0.477 e. The summed E-state index contributed by atoms with van der Waals surface area (Å²) in [4.78, 5) is 21.6. The number of carboxylic acid groups (broad SMARTS) is 1. The van der Waals surface area contributed by atoms with Gasteiger partial charge in [-0.2, -0.15) is 0 Å². The minimum Gasteiger partial charge on any atom is -0.477 e. The lowest BCUT2D eigenvalue weighted by atomic mass is 10.0. The summed E-state index contributed by atoms with van der Waals surface area (Å²) >= 11 is 0. The van der Waals surface area contributed by atoms with Crippen molar-refractivity contribution in [2.75, 3.05) is 5.32 Å². The van der Waals surface area contributed by atoms with Crippen LogP contribution in [0, 0.1) is 16.0 Å². The first kappa shape index (κ1) is 16.9. The first-order valence-corrected chi connectivity index (χ1v) is 7.10. The van der Waals surface area contributed by atoms with Gasteiger partial charge < -0.3 is 10.4 Å². The molecule has 6 heteroatoms. The van der Waals surface area contributed by atoms with E-state index in [1.165, 1.54) is 12.1 Å². The molecule has 0 aliphatic rings. The predicted octanol–water partition coefficient (Wildman–Crippen LogP) is 3.92. The Hall–Kier alpha value is -2.11. The molecule has 1 rings (SSSR count). The second-order valence-electron chi connectivity index (χ2n) is 5.63. The molecule has 0 heterocycles. The van der Waals surface area contributed by atoms with Gasteiger partial charge >= 0.3 is 11.7 Å². The molecular formula is C15H22N2O4. The normalized spacial score (nSPS) is 12.2. The van der Waals surface area contributed by atoms with Crippen LogP contribution < -0.4 is 5.32 Å². The lowest BCUT2D eigenvalue weighted by Gasteiger charge is -2.16. The minimum absolute atomic E-state index is 0.0477.